The van der Waals surface area contributed by atoms with Crippen LogP contribution in [0.25, 0.3) is 0 Å². The van der Waals surface area contributed by atoms with Gasteiger partial charge in [0.15, 0.2) is 5.44 Å². The third kappa shape index (κ3) is 3.49. The Morgan fingerprint density at radius 2 is 1.84 bits per heavy atom. The third-order valence-electron chi connectivity index (χ3n) is 2.34. The number of aromatic hydroxyl groups is 1. The first-order valence-electron chi connectivity index (χ1n) is 6.27. The largest absolute Gasteiger partial charge is 0.493 e. The van der Waals surface area contributed by atoms with Crippen molar-refractivity contribution in [2.24, 2.45) is 5.92 Å². The molecule has 0 saturated carbocycles. The number of nitrogens with one attached hydrogen (secondary N) is 1. The van der Waals surface area contributed by atoms with Crippen LogP contribution in [-0.2, 0) is 20.2 Å². The van der Waals surface area contributed by atoms with Crippen molar-refractivity contribution in [2.75, 3.05) is 13.2 Å². The van der Waals surface area contributed by atoms with E-state index in [1.54, 1.807) is 13.8 Å². The highest BCUT2D eigenvalue weighted by molar-refractivity contribution is 7.62. The molecule has 0 spiro atoms. The van der Waals surface area contributed by atoms with Crippen molar-refractivity contribution < 1.29 is 18.7 Å². The average molecular weight is 292 g/mol. The van der Waals surface area contributed by atoms with E-state index in [4.69, 9.17) is 9.05 Å². The van der Waals surface area contributed by atoms with Gasteiger partial charge in [0, 0.05) is 6.54 Å². The molecule has 0 fully saturated rings. The minimum atomic E-state index is -3.70. The number of H-pyrrole nitrogens is 1. The van der Waals surface area contributed by atoms with Crippen LogP contribution in [0.4, 0.5) is 0 Å². The number of nitrogens with zero attached hydrogens (tertiary/aromatic N) is 1. The van der Waals surface area contributed by atoms with Crippen LogP contribution < -0.4 is 11.1 Å². The molecule has 110 valence electrons. The Morgan fingerprint density at radius 1 is 1.32 bits per heavy atom. The van der Waals surface area contributed by atoms with Gasteiger partial charge in [-0.05, 0) is 19.8 Å². The predicted octanol–water partition coefficient (Wildman–Crippen LogP) is 1.43. The summed E-state index contributed by atoms with van der Waals surface area (Å²) in [6, 6.07) is 0. The van der Waals surface area contributed by atoms with E-state index in [1.165, 1.54) is 4.57 Å². The zero-order valence-corrected chi connectivity index (χ0v) is 12.6. The summed E-state index contributed by atoms with van der Waals surface area (Å²) in [4.78, 5) is 14.0. The molecule has 1 aromatic rings. The van der Waals surface area contributed by atoms with Crippen LogP contribution in [0.2, 0.25) is 0 Å². The highest BCUT2D eigenvalue weighted by Crippen LogP contribution is 2.48. The smallest absolute Gasteiger partial charge is 0.383 e. The molecule has 0 unspecified atom stereocenters. The summed E-state index contributed by atoms with van der Waals surface area (Å²) in [5.41, 5.74) is -0.629. The van der Waals surface area contributed by atoms with Crippen LogP contribution in [0.1, 0.15) is 27.7 Å². The molecule has 0 aromatic carbocycles. The van der Waals surface area contributed by atoms with E-state index >= 15 is 0 Å². The number of hydrogen-bond donors (Lipinski definition) is 2. The molecule has 0 bridgehead atoms. The van der Waals surface area contributed by atoms with Gasteiger partial charge in [-0.2, -0.15) is 0 Å². The van der Waals surface area contributed by atoms with Crippen LogP contribution in [0.5, 0.6) is 5.88 Å². The van der Waals surface area contributed by atoms with Gasteiger partial charge >= 0.3 is 13.3 Å². The van der Waals surface area contributed by atoms with Crippen LogP contribution in [0.15, 0.2) is 4.79 Å². The van der Waals surface area contributed by atoms with Crippen molar-refractivity contribution in [1.29, 1.82) is 0 Å². The van der Waals surface area contributed by atoms with Crippen molar-refractivity contribution in [3.05, 3.63) is 10.5 Å². The molecule has 7 nitrogen and oxygen atoms in total. The number of aromatic nitrogens is 2. The van der Waals surface area contributed by atoms with Crippen LogP contribution >= 0.6 is 7.60 Å². The Morgan fingerprint density at radius 3 is 2.26 bits per heavy atom. The summed E-state index contributed by atoms with van der Waals surface area (Å²) in [6.07, 6.45) is 0. The Kier molecular flexibility index (Phi) is 5.40. The lowest BCUT2D eigenvalue weighted by Gasteiger charge is -2.18. The minimum Gasteiger partial charge on any atom is -0.493 e. The van der Waals surface area contributed by atoms with Crippen molar-refractivity contribution >= 4 is 13.0 Å². The molecule has 8 heteroatoms. The lowest BCUT2D eigenvalue weighted by molar-refractivity contribution is 0.227. The molecule has 0 saturated heterocycles. The Balaban J connectivity index is 3.37. The van der Waals surface area contributed by atoms with Gasteiger partial charge < -0.3 is 14.2 Å². The van der Waals surface area contributed by atoms with E-state index in [1.807, 2.05) is 13.8 Å². The van der Waals surface area contributed by atoms with Gasteiger partial charge in [0.1, 0.15) is 0 Å². The van der Waals surface area contributed by atoms with Gasteiger partial charge in [0.2, 0.25) is 5.88 Å². The normalized spacial score (nSPS) is 12.3. The molecule has 0 amide bonds. The average Bonchev–Trinajstić information content (AvgIpc) is 2.54. The van der Waals surface area contributed by atoms with Crippen molar-refractivity contribution in [2.45, 2.75) is 34.2 Å². The van der Waals surface area contributed by atoms with Crippen molar-refractivity contribution in [3.63, 3.8) is 0 Å². The minimum absolute atomic E-state index is 0.102. The van der Waals surface area contributed by atoms with Gasteiger partial charge in [-0.25, -0.2) is 4.79 Å². The molecule has 0 aliphatic heterocycles. The van der Waals surface area contributed by atoms with Crippen LogP contribution in [0.3, 0.4) is 0 Å². The molecular weight excluding hydrogens is 271 g/mol. The number of rotatable bonds is 7. The second-order valence-electron chi connectivity index (χ2n) is 4.44. The van der Waals surface area contributed by atoms with Gasteiger partial charge in [-0.1, -0.05) is 13.8 Å². The maximum Gasteiger partial charge on any atom is 0.383 e. The molecule has 0 atom stereocenters. The highest BCUT2D eigenvalue weighted by atomic mass is 31.2. The molecule has 0 aliphatic carbocycles. The van der Waals surface area contributed by atoms with Gasteiger partial charge in [-0.15, -0.1) is 0 Å². The fraction of sp³-hybridized carbons (Fsp3) is 0.727. The zero-order chi connectivity index (χ0) is 14.6. The summed E-state index contributed by atoms with van der Waals surface area (Å²) < 4.78 is 24.2. The molecule has 0 radical (unpaired) electrons. The van der Waals surface area contributed by atoms with E-state index in [0.29, 0.717) is 6.54 Å². The van der Waals surface area contributed by atoms with E-state index in [2.05, 4.69) is 4.98 Å². The molecule has 19 heavy (non-hydrogen) atoms. The zero-order valence-electron chi connectivity index (χ0n) is 11.7. The number of imidazole rings is 1. The topological polar surface area (TPSA) is 93.6 Å². The third-order valence-corrected chi connectivity index (χ3v) is 4.51. The monoisotopic (exact) mass is 292 g/mol. The van der Waals surface area contributed by atoms with Crippen LogP contribution in [-0.4, -0.2) is 27.9 Å². The lowest BCUT2D eigenvalue weighted by Crippen LogP contribution is -2.30. The van der Waals surface area contributed by atoms with Gasteiger partial charge in [0.05, 0.1) is 13.2 Å². The quantitative estimate of drug-likeness (QED) is 0.741. The van der Waals surface area contributed by atoms with Gasteiger partial charge in [-0.3, -0.25) is 14.1 Å². The molecular formula is C11H21N2O5P. The summed E-state index contributed by atoms with van der Waals surface area (Å²) in [5, 5.41) is 9.81. The molecule has 2 N–H and O–H groups in total. The van der Waals surface area contributed by atoms with Gasteiger partial charge in [0.25, 0.3) is 0 Å². The maximum atomic E-state index is 12.7. The van der Waals surface area contributed by atoms with E-state index in [0.717, 1.165) is 0 Å². The summed E-state index contributed by atoms with van der Waals surface area (Å²) in [6.45, 7) is 7.77. The first-order chi connectivity index (χ1) is 8.85. The fourth-order valence-corrected chi connectivity index (χ4v) is 3.54. The molecule has 0 aliphatic rings. The van der Waals surface area contributed by atoms with E-state index in [-0.39, 0.29) is 24.6 Å². The van der Waals surface area contributed by atoms with Crippen molar-refractivity contribution in [1.82, 2.24) is 9.55 Å². The van der Waals surface area contributed by atoms with E-state index in [9.17, 15) is 14.5 Å². The first kappa shape index (κ1) is 16.0. The lowest BCUT2D eigenvalue weighted by atomic mass is 10.2. The Labute approximate surface area is 112 Å². The highest BCUT2D eigenvalue weighted by Gasteiger charge is 2.36. The first-order valence-corrected chi connectivity index (χ1v) is 7.81. The number of aromatic amines is 1. The maximum absolute atomic E-state index is 12.7. The summed E-state index contributed by atoms with van der Waals surface area (Å²) in [7, 11) is -3.70. The SMILES string of the molecule is CCOP(=O)(OCC)c1c(O)[nH]c(=O)n1CC(C)C. The molecule has 1 heterocycles. The second-order valence-corrected chi connectivity index (χ2v) is 6.37. The van der Waals surface area contributed by atoms with Crippen molar-refractivity contribution in [3.8, 4) is 5.88 Å². The predicted molar refractivity (Wildman–Crippen MR) is 72.0 cm³/mol. The second kappa shape index (κ2) is 6.41. The standard InChI is InChI=1S/C11H21N2O5P/c1-5-17-19(16,18-6-2)10-9(14)12-11(15)13(10)7-8(3)4/h8,14H,5-7H2,1-4H3,(H,12,15). The van der Waals surface area contributed by atoms with E-state index < -0.39 is 19.2 Å². The van der Waals surface area contributed by atoms with Crippen LogP contribution in [0, 0.1) is 5.92 Å². The summed E-state index contributed by atoms with van der Waals surface area (Å²) >= 11 is 0. The summed E-state index contributed by atoms with van der Waals surface area (Å²) in [5.74, 6) is -0.320. The number of hydrogen-bond acceptors (Lipinski definition) is 5. The molecule has 1 rings (SSSR count). The molecule has 1 aromatic heterocycles. The fourth-order valence-electron chi connectivity index (χ4n) is 1.76. The Bertz CT molecular complexity index is 510. The Hall–Kier alpha value is -1.04.